The first kappa shape index (κ1) is 15.8. The van der Waals surface area contributed by atoms with E-state index < -0.39 is 11.9 Å². The highest BCUT2D eigenvalue weighted by atomic mass is 16.2. The van der Waals surface area contributed by atoms with Gasteiger partial charge in [-0.2, -0.15) is 5.10 Å². The standard InChI is InChI=1S/C16H15N9O/c1-24-9-13(22-23-24)15(17)16(26)20-10-6-19-25(8-10)14-7-18-11-4-2-3-5-12(11)21-14/h2-9,15H,17H2,1H3,(H,20,26). The Labute approximate surface area is 147 Å². The lowest BCUT2D eigenvalue weighted by Gasteiger charge is -2.07. The predicted octanol–water partition coefficient (Wildman–Crippen LogP) is 0.582. The highest BCUT2D eigenvalue weighted by Crippen LogP contribution is 2.15. The molecule has 0 aliphatic carbocycles. The second-order valence-electron chi connectivity index (χ2n) is 5.67. The minimum absolute atomic E-state index is 0.387. The zero-order chi connectivity index (χ0) is 18.1. The minimum atomic E-state index is -0.924. The molecule has 10 nitrogen and oxygen atoms in total. The topological polar surface area (TPSA) is 129 Å². The summed E-state index contributed by atoms with van der Waals surface area (Å²) in [4.78, 5) is 21.1. The molecule has 0 spiro atoms. The number of aryl methyl sites for hydroxylation is 1. The first-order valence-corrected chi connectivity index (χ1v) is 7.79. The molecule has 130 valence electrons. The number of aromatic nitrogens is 7. The van der Waals surface area contributed by atoms with Gasteiger partial charge in [0.15, 0.2) is 5.82 Å². The molecular formula is C16H15N9O. The minimum Gasteiger partial charge on any atom is -0.322 e. The van der Waals surface area contributed by atoms with E-state index in [9.17, 15) is 4.79 Å². The summed E-state index contributed by atoms with van der Waals surface area (Å²) in [7, 11) is 1.70. The summed E-state index contributed by atoms with van der Waals surface area (Å²) in [6.07, 6.45) is 6.36. The van der Waals surface area contributed by atoms with Crippen molar-refractivity contribution >= 4 is 22.6 Å². The molecule has 1 unspecified atom stereocenters. The normalized spacial score (nSPS) is 12.2. The van der Waals surface area contributed by atoms with Crippen LogP contribution in [-0.4, -0.2) is 40.6 Å². The summed E-state index contributed by atoms with van der Waals surface area (Å²) in [6, 6.07) is 6.63. The van der Waals surface area contributed by atoms with Crippen LogP contribution >= 0.6 is 0 Å². The fourth-order valence-electron chi connectivity index (χ4n) is 2.43. The van der Waals surface area contributed by atoms with Gasteiger partial charge in [-0.3, -0.25) is 14.5 Å². The average molecular weight is 349 g/mol. The van der Waals surface area contributed by atoms with Crippen molar-refractivity contribution in [3.63, 3.8) is 0 Å². The van der Waals surface area contributed by atoms with Crippen LogP contribution in [0.1, 0.15) is 11.7 Å². The van der Waals surface area contributed by atoms with E-state index >= 15 is 0 Å². The van der Waals surface area contributed by atoms with E-state index in [1.165, 1.54) is 15.6 Å². The molecule has 0 radical (unpaired) electrons. The van der Waals surface area contributed by atoms with Crippen molar-refractivity contribution in [1.29, 1.82) is 0 Å². The molecule has 0 fully saturated rings. The summed E-state index contributed by atoms with van der Waals surface area (Å²) in [5, 5.41) is 14.5. The molecular weight excluding hydrogens is 334 g/mol. The molecule has 26 heavy (non-hydrogen) atoms. The molecule has 3 aromatic heterocycles. The van der Waals surface area contributed by atoms with E-state index in [4.69, 9.17) is 5.73 Å². The lowest BCUT2D eigenvalue weighted by Crippen LogP contribution is -2.28. The number of fused-ring (bicyclic) bond motifs is 1. The van der Waals surface area contributed by atoms with Crippen LogP contribution in [0, 0.1) is 0 Å². The first-order chi connectivity index (χ1) is 12.6. The number of nitrogens with zero attached hydrogens (tertiary/aromatic N) is 7. The van der Waals surface area contributed by atoms with Gasteiger partial charge in [0, 0.05) is 7.05 Å². The highest BCUT2D eigenvalue weighted by molar-refractivity contribution is 5.94. The zero-order valence-electron chi connectivity index (χ0n) is 13.8. The fraction of sp³-hybridized carbons (Fsp3) is 0.125. The second kappa shape index (κ2) is 6.33. The highest BCUT2D eigenvalue weighted by Gasteiger charge is 2.19. The average Bonchev–Trinajstić information content (AvgIpc) is 3.30. The van der Waals surface area contributed by atoms with Crippen LogP contribution in [0.4, 0.5) is 5.69 Å². The van der Waals surface area contributed by atoms with E-state index in [1.54, 1.807) is 25.6 Å². The number of carbonyl (C=O) groups excluding carboxylic acids is 1. The number of rotatable bonds is 4. The van der Waals surface area contributed by atoms with Crippen LogP contribution in [0.5, 0.6) is 0 Å². The Morgan fingerprint density at radius 1 is 1.19 bits per heavy atom. The van der Waals surface area contributed by atoms with Gasteiger partial charge in [0.25, 0.3) is 0 Å². The van der Waals surface area contributed by atoms with Crippen LogP contribution in [0.15, 0.2) is 49.1 Å². The van der Waals surface area contributed by atoms with Gasteiger partial charge in [-0.1, -0.05) is 17.3 Å². The van der Waals surface area contributed by atoms with E-state index in [-0.39, 0.29) is 0 Å². The van der Waals surface area contributed by atoms with Crippen molar-refractivity contribution in [2.75, 3.05) is 5.32 Å². The van der Waals surface area contributed by atoms with Gasteiger partial charge in [-0.05, 0) is 12.1 Å². The number of hydrogen-bond acceptors (Lipinski definition) is 7. The lowest BCUT2D eigenvalue weighted by molar-refractivity contribution is -0.117. The number of carbonyl (C=O) groups is 1. The maximum atomic E-state index is 12.3. The Kier molecular flexibility index (Phi) is 3.86. The summed E-state index contributed by atoms with van der Waals surface area (Å²) >= 11 is 0. The predicted molar refractivity (Wildman–Crippen MR) is 93.2 cm³/mol. The molecule has 1 atom stereocenters. The molecule has 10 heteroatoms. The Morgan fingerprint density at radius 3 is 2.77 bits per heavy atom. The van der Waals surface area contributed by atoms with Crippen molar-refractivity contribution in [1.82, 2.24) is 34.7 Å². The third-order valence-electron chi connectivity index (χ3n) is 3.74. The molecule has 0 aliphatic rings. The first-order valence-electron chi connectivity index (χ1n) is 7.79. The molecule has 4 aromatic rings. The number of para-hydroxylation sites is 2. The van der Waals surface area contributed by atoms with Crippen molar-refractivity contribution in [2.45, 2.75) is 6.04 Å². The van der Waals surface area contributed by atoms with Crippen molar-refractivity contribution < 1.29 is 4.79 Å². The van der Waals surface area contributed by atoms with E-state index in [1.807, 2.05) is 24.3 Å². The summed E-state index contributed by atoms with van der Waals surface area (Å²) in [6.45, 7) is 0. The van der Waals surface area contributed by atoms with Crippen LogP contribution in [0.2, 0.25) is 0 Å². The monoisotopic (exact) mass is 349 g/mol. The van der Waals surface area contributed by atoms with Gasteiger partial charge in [0.1, 0.15) is 11.7 Å². The van der Waals surface area contributed by atoms with E-state index in [0.29, 0.717) is 17.2 Å². The maximum Gasteiger partial charge on any atom is 0.247 e. The number of benzene rings is 1. The molecule has 0 aliphatic heterocycles. The van der Waals surface area contributed by atoms with Gasteiger partial charge in [-0.25, -0.2) is 9.67 Å². The number of hydrogen-bond donors (Lipinski definition) is 2. The van der Waals surface area contributed by atoms with Crippen molar-refractivity contribution in [3.05, 3.63) is 54.7 Å². The Hall–Kier alpha value is -3.66. The van der Waals surface area contributed by atoms with Gasteiger partial charge in [0.05, 0.1) is 41.5 Å². The van der Waals surface area contributed by atoms with Crippen LogP contribution in [-0.2, 0) is 11.8 Å². The van der Waals surface area contributed by atoms with Crippen molar-refractivity contribution in [3.8, 4) is 5.82 Å². The molecule has 4 rings (SSSR count). The molecule has 0 bridgehead atoms. The number of anilines is 1. The van der Waals surface area contributed by atoms with Crippen LogP contribution in [0.3, 0.4) is 0 Å². The largest absolute Gasteiger partial charge is 0.322 e. The van der Waals surface area contributed by atoms with Crippen LogP contribution in [0.25, 0.3) is 16.9 Å². The molecule has 3 N–H and O–H groups in total. The third-order valence-corrected chi connectivity index (χ3v) is 3.74. The van der Waals surface area contributed by atoms with E-state index in [0.717, 1.165) is 11.0 Å². The molecule has 0 saturated carbocycles. The van der Waals surface area contributed by atoms with Gasteiger partial charge >= 0.3 is 0 Å². The number of nitrogens with two attached hydrogens (primary N) is 1. The molecule has 1 amide bonds. The summed E-state index contributed by atoms with van der Waals surface area (Å²) in [5.74, 6) is 0.136. The van der Waals surface area contributed by atoms with Crippen LogP contribution < -0.4 is 11.1 Å². The van der Waals surface area contributed by atoms with Gasteiger partial charge in [0.2, 0.25) is 5.91 Å². The van der Waals surface area contributed by atoms with Gasteiger partial charge < -0.3 is 11.1 Å². The zero-order valence-corrected chi connectivity index (χ0v) is 13.8. The molecule has 0 saturated heterocycles. The van der Waals surface area contributed by atoms with E-state index in [2.05, 4.69) is 30.7 Å². The second-order valence-corrected chi connectivity index (χ2v) is 5.67. The smallest absolute Gasteiger partial charge is 0.247 e. The number of nitrogens with one attached hydrogen (secondary N) is 1. The molecule has 1 aromatic carbocycles. The Bertz CT molecular complexity index is 1080. The Balaban J connectivity index is 1.52. The number of amides is 1. The SMILES string of the molecule is Cn1cc(C(N)C(=O)Nc2cnn(-c3cnc4ccccc4n3)c2)nn1. The van der Waals surface area contributed by atoms with Gasteiger partial charge in [-0.15, -0.1) is 5.10 Å². The van der Waals surface area contributed by atoms with Crippen molar-refractivity contribution in [2.24, 2.45) is 12.8 Å². The quantitative estimate of drug-likeness (QED) is 0.551. The Morgan fingerprint density at radius 2 is 2.00 bits per heavy atom. The molecule has 3 heterocycles. The summed E-state index contributed by atoms with van der Waals surface area (Å²) < 4.78 is 3.02. The maximum absolute atomic E-state index is 12.3. The third kappa shape index (κ3) is 3.00. The fourth-order valence-corrected chi connectivity index (χ4v) is 2.43. The summed E-state index contributed by atoms with van der Waals surface area (Å²) in [5.41, 5.74) is 8.34. The lowest BCUT2D eigenvalue weighted by atomic mass is 10.2.